The zero-order valence-corrected chi connectivity index (χ0v) is 11.9. The predicted octanol–water partition coefficient (Wildman–Crippen LogP) is 3.10. The molecule has 4 heteroatoms. The van der Waals surface area contributed by atoms with E-state index in [4.69, 9.17) is 0 Å². The maximum absolute atomic E-state index is 13.0. The number of hydrogen-bond donors (Lipinski definition) is 1. The van der Waals surface area contributed by atoms with Crippen LogP contribution in [0.5, 0.6) is 0 Å². The summed E-state index contributed by atoms with van der Waals surface area (Å²) in [6.07, 6.45) is 3.06. The third-order valence-corrected chi connectivity index (χ3v) is 4.27. The molecule has 2 unspecified atom stereocenters. The molecule has 0 aliphatic carbocycles. The van der Waals surface area contributed by atoms with Crippen LogP contribution in [0.3, 0.4) is 0 Å². The van der Waals surface area contributed by atoms with Crippen molar-refractivity contribution in [2.45, 2.75) is 44.0 Å². The van der Waals surface area contributed by atoms with E-state index in [-0.39, 0.29) is 5.82 Å². The minimum Gasteiger partial charge on any atom is -0.315 e. The molecule has 0 aliphatic heterocycles. The van der Waals surface area contributed by atoms with Crippen molar-refractivity contribution >= 4 is 10.8 Å². The van der Waals surface area contributed by atoms with Crippen molar-refractivity contribution in [3.05, 3.63) is 30.1 Å². The van der Waals surface area contributed by atoms with Crippen molar-refractivity contribution in [3.8, 4) is 0 Å². The van der Waals surface area contributed by atoms with Gasteiger partial charge < -0.3 is 5.32 Å². The summed E-state index contributed by atoms with van der Waals surface area (Å²) in [5.74, 6) is 0.295. The van der Waals surface area contributed by atoms with E-state index < -0.39 is 10.8 Å². The molecule has 2 nitrogen and oxygen atoms in total. The van der Waals surface area contributed by atoms with Crippen LogP contribution in [-0.2, 0) is 10.8 Å². The summed E-state index contributed by atoms with van der Waals surface area (Å²) in [4.78, 5) is 0.592. The van der Waals surface area contributed by atoms with Crippen LogP contribution in [0.2, 0.25) is 0 Å². The minimum atomic E-state index is -1.07. The number of hydrogen-bond acceptors (Lipinski definition) is 2. The summed E-state index contributed by atoms with van der Waals surface area (Å²) in [6, 6.07) is 6.57. The van der Waals surface area contributed by atoms with Gasteiger partial charge in [0.2, 0.25) is 0 Å². The topological polar surface area (TPSA) is 29.1 Å². The van der Waals surface area contributed by atoms with Gasteiger partial charge in [0.25, 0.3) is 0 Å². The fourth-order valence-corrected chi connectivity index (χ4v) is 3.04. The molecule has 1 aromatic rings. The van der Waals surface area contributed by atoms with Crippen molar-refractivity contribution in [2.24, 2.45) is 0 Å². The number of nitrogens with one attached hydrogen (secondary N) is 1. The van der Waals surface area contributed by atoms with Gasteiger partial charge >= 0.3 is 0 Å². The van der Waals surface area contributed by atoms with E-state index in [1.165, 1.54) is 12.1 Å². The van der Waals surface area contributed by atoms with Crippen molar-refractivity contribution in [1.29, 1.82) is 0 Å². The van der Waals surface area contributed by atoms with Crippen molar-refractivity contribution in [2.75, 3.05) is 12.3 Å². The van der Waals surface area contributed by atoms with Crippen LogP contribution in [0, 0.1) is 5.82 Å². The van der Waals surface area contributed by atoms with Gasteiger partial charge in [-0.2, -0.15) is 0 Å². The molecule has 18 heavy (non-hydrogen) atoms. The Morgan fingerprint density at radius 1 is 1.39 bits per heavy atom. The Labute approximate surface area is 111 Å². The number of rotatable bonds is 8. The zero-order valence-electron chi connectivity index (χ0n) is 11.1. The summed E-state index contributed by atoms with van der Waals surface area (Å²) in [5, 5.41) is 3.35. The van der Waals surface area contributed by atoms with E-state index in [0.29, 0.717) is 16.7 Å². The van der Waals surface area contributed by atoms with Gasteiger partial charge in [0.05, 0.1) is 10.8 Å². The molecule has 0 fully saturated rings. The highest BCUT2D eigenvalue weighted by atomic mass is 32.2. The second-order valence-electron chi connectivity index (χ2n) is 4.46. The van der Waals surface area contributed by atoms with Gasteiger partial charge in [0, 0.05) is 16.7 Å². The Balaban J connectivity index is 2.25. The maximum Gasteiger partial charge on any atom is 0.124 e. The first kappa shape index (κ1) is 15.3. The molecule has 0 spiro atoms. The first-order valence-corrected chi connectivity index (χ1v) is 7.82. The van der Waals surface area contributed by atoms with E-state index >= 15 is 0 Å². The molecule has 0 bridgehead atoms. The number of benzene rings is 1. The molecule has 0 saturated carbocycles. The van der Waals surface area contributed by atoms with E-state index in [1.807, 2.05) is 0 Å². The lowest BCUT2D eigenvalue weighted by Crippen LogP contribution is -2.25. The van der Waals surface area contributed by atoms with Gasteiger partial charge in [-0.25, -0.2) is 4.39 Å². The lowest BCUT2D eigenvalue weighted by Gasteiger charge is -2.11. The summed E-state index contributed by atoms with van der Waals surface area (Å²) in [5.41, 5.74) is 0. The Hall–Kier alpha value is -0.740. The average molecular weight is 271 g/mol. The molecule has 102 valence electrons. The maximum atomic E-state index is 13.0. The average Bonchev–Trinajstić information content (AvgIpc) is 2.35. The molecule has 1 aromatic carbocycles. The molecule has 1 rings (SSSR count). The molecular weight excluding hydrogens is 249 g/mol. The van der Waals surface area contributed by atoms with E-state index in [2.05, 4.69) is 19.2 Å². The SMILES string of the molecule is CCNC(C)CCCCS(=O)c1cccc(F)c1. The summed E-state index contributed by atoms with van der Waals surface area (Å²) in [7, 11) is -1.07. The quantitative estimate of drug-likeness (QED) is 0.736. The van der Waals surface area contributed by atoms with Gasteiger partial charge in [0.15, 0.2) is 0 Å². The van der Waals surface area contributed by atoms with Crippen LogP contribution in [0.25, 0.3) is 0 Å². The van der Waals surface area contributed by atoms with Gasteiger partial charge in [-0.15, -0.1) is 0 Å². The van der Waals surface area contributed by atoms with E-state index in [9.17, 15) is 8.60 Å². The van der Waals surface area contributed by atoms with E-state index in [0.717, 1.165) is 25.8 Å². The summed E-state index contributed by atoms with van der Waals surface area (Å²) in [6.45, 7) is 5.24. The highest BCUT2D eigenvalue weighted by molar-refractivity contribution is 7.85. The van der Waals surface area contributed by atoms with Crippen LogP contribution >= 0.6 is 0 Å². The molecule has 0 aromatic heterocycles. The molecule has 0 saturated heterocycles. The Morgan fingerprint density at radius 2 is 2.17 bits per heavy atom. The van der Waals surface area contributed by atoms with Crippen LogP contribution in [0.4, 0.5) is 4.39 Å². The smallest absolute Gasteiger partial charge is 0.124 e. The van der Waals surface area contributed by atoms with Gasteiger partial charge in [0.1, 0.15) is 5.82 Å². The fraction of sp³-hybridized carbons (Fsp3) is 0.571. The van der Waals surface area contributed by atoms with Gasteiger partial charge in [-0.3, -0.25) is 4.21 Å². The van der Waals surface area contributed by atoms with Crippen molar-refractivity contribution in [3.63, 3.8) is 0 Å². The molecule has 0 radical (unpaired) electrons. The minimum absolute atomic E-state index is 0.318. The lowest BCUT2D eigenvalue weighted by molar-refractivity contribution is 0.509. The largest absolute Gasteiger partial charge is 0.315 e. The zero-order chi connectivity index (χ0) is 13.4. The summed E-state index contributed by atoms with van der Waals surface area (Å²) < 4.78 is 24.9. The molecular formula is C14H22FNOS. The first-order chi connectivity index (χ1) is 8.63. The third-order valence-electron chi connectivity index (χ3n) is 2.83. The normalized spacial score (nSPS) is 14.4. The molecule has 0 aliphatic rings. The molecule has 1 N–H and O–H groups in total. The number of unbranched alkanes of at least 4 members (excludes halogenated alkanes) is 1. The van der Waals surface area contributed by atoms with E-state index in [1.54, 1.807) is 12.1 Å². The monoisotopic (exact) mass is 271 g/mol. The van der Waals surface area contributed by atoms with Crippen LogP contribution in [0.1, 0.15) is 33.1 Å². The number of halogens is 1. The van der Waals surface area contributed by atoms with Crippen LogP contribution in [0.15, 0.2) is 29.2 Å². The Morgan fingerprint density at radius 3 is 2.83 bits per heavy atom. The Bertz CT molecular complexity index is 384. The molecule has 2 atom stereocenters. The fourth-order valence-electron chi connectivity index (χ4n) is 1.86. The summed E-state index contributed by atoms with van der Waals surface area (Å²) >= 11 is 0. The standard InChI is InChI=1S/C14H22FNOS/c1-3-16-12(2)7-4-5-10-18(17)14-9-6-8-13(15)11-14/h6,8-9,11-12,16H,3-5,7,10H2,1-2H3. The predicted molar refractivity (Wildman–Crippen MR) is 74.7 cm³/mol. The van der Waals surface area contributed by atoms with Crippen molar-refractivity contribution in [1.82, 2.24) is 5.32 Å². The lowest BCUT2D eigenvalue weighted by atomic mass is 10.1. The Kier molecular flexibility index (Phi) is 7.13. The molecule has 0 heterocycles. The van der Waals surface area contributed by atoms with Crippen LogP contribution < -0.4 is 5.32 Å². The van der Waals surface area contributed by atoms with Crippen LogP contribution in [-0.4, -0.2) is 22.5 Å². The highest BCUT2D eigenvalue weighted by Crippen LogP contribution is 2.11. The first-order valence-electron chi connectivity index (χ1n) is 6.50. The van der Waals surface area contributed by atoms with Crippen molar-refractivity contribution < 1.29 is 8.60 Å². The van der Waals surface area contributed by atoms with Gasteiger partial charge in [-0.1, -0.05) is 19.4 Å². The second kappa shape index (κ2) is 8.38. The van der Waals surface area contributed by atoms with Gasteiger partial charge in [-0.05, 0) is 44.5 Å². The molecule has 0 amide bonds. The second-order valence-corrected chi connectivity index (χ2v) is 6.03. The highest BCUT2D eigenvalue weighted by Gasteiger charge is 2.05. The third kappa shape index (κ3) is 5.74.